The third-order valence-electron chi connectivity index (χ3n) is 2.89. The molecule has 1 heterocycles. The van der Waals surface area contributed by atoms with Gasteiger partial charge in [0.15, 0.2) is 0 Å². The molecule has 0 radical (unpaired) electrons. The van der Waals surface area contributed by atoms with Gasteiger partial charge in [0.1, 0.15) is 17.8 Å². The number of amides is 1. The van der Waals surface area contributed by atoms with Crippen molar-refractivity contribution in [2.24, 2.45) is 0 Å². The Hall–Kier alpha value is -3.22. The Kier molecular flexibility index (Phi) is 5.40. The van der Waals surface area contributed by atoms with Gasteiger partial charge in [0, 0.05) is 18.3 Å². The number of carbonyl (C=O) groups excluding carboxylic acids is 2. The third kappa shape index (κ3) is 4.37. The first-order valence-electron chi connectivity index (χ1n) is 6.80. The van der Waals surface area contributed by atoms with Crippen LogP contribution in [0.25, 0.3) is 0 Å². The first-order valence-corrected chi connectivity index (χ1v) is 6.80. The maximum atomic E-state index is 11.8. The summed E-state index contributed by atoms with van der Waals surface area (Å²) in [6.45, 7) is 3.89. The van der Waals surface area contributed by atoms with E-state index in [1.165, 1.54) is 19.5 Å². The Morgan fingerprint density at radius 1 is 1.26 bits per heavy atom. The van der Waals surface area contributed by atoms with Gasteiger partial charge in [-0.05, 0) is 24.3 Å². The summed E-state index contributed by atoms with van der Waals surface area (Å²) in [6, 6.07) is 8.23. The summed E-state index contributed by atoms with van der Waals surface area (Å²) in [4.78, 5) is 31.2. The summed E-state index contributed by atoms with van der Waals surface area (Å²) >= 11 is 0. The lowest BCUT2D eigenvalue weighted by Gasteiger charge is -2.07. The molecule has 0 atom stereocenters. The average Bonchev–Trinajstić information content (AvgIpc) is 2.60. The smallest absolute Gasteiger partial charge is 0.337 e. The maximum absolute atomic E-state index is 11.8. The molecule has 0 fully saturated rings. The molecular formula is C16H16N4O3. The second-order valence-electron chi connectivity index (χ2n) is 4.48. The number of ether oxygens (including phenoxy) is 1. The van der Waals surface area contributed by atoms with Crippen LogP contribution in [-0.4, -0.2) is 35.5 Å². The number of methoxy groups -OCH3 is 1. The first-order chi connectivity index (χ1) is 11.1. The number of hydrogen-bond donors (Lipinski definition) is 2. The number of carbonyl (C=O) groups is 2. The molecule has 0 saturated heterocycles. The van der Waals surface area contributed by atoms with Crippen molar-refractivity contribution in [3.8, 4) is 0 Å². The molecule has 0 spiro atoms. The van der Waals surface area contributed by atoms with Crippen LogP contribution in [0.4, 0.5) is 11.5 Å². The number of benzene rings is 1. The minimum atomic E-state index is -0.403. The summed E-state index contributed by atoms with van der Waals surface area (Å²) in [7, 11) is 1.33. The Bertz CT molecular complexity index is 714. The molecule has 1 aromatic heterocycles. The Labute approximate surface area is 133 Å². The van der Waals surface area contributed by atoms with E-state index < -0.39 is 5.97 Å². The van der Waals surface area contributed by atoms with Crippen molar-refractivity contribution in [3.63, 3.8) is 0 Å². The fraction of sp³-hybridized carbons (Fsp3) is 0.125. The second-order valence-corrected chi connectivity index (χ2v) is 4.48. The number of aromatic nitrogens is 2. The molecule has 0 aliphatic carbocycles. The minimum Gasteiger partial charge on any atom is -0.465 e. The van der Waals surface area contributed by atoms with Crippen LogP contribution in [0.1, 0.15) is 20.8 Å². The van der Waals surface area contributed by atoms with Gasteiger partial charge in [0.2, 0.25) is 0 Å². The number of hydrogen-bond acceptors (Lipinski definition) is 6. The molecule has 1 amide bonds. The van der Waals surface area contributed by atoms with E-state index in [0.29, 0.717) is 23.6 Å². The second kappa shape index (κ2) is 7.69. The molecule has 23 heavy (non-hydrogen) atoms. The number of anilines is 2. The number of nitrogens with zero attached hydrogens (tertiary/aromatic N) is 2. The fourth-order valence-corrected chi connectivity index (χ4v) is 1.76. The highest BCUT2D eigenvalue weighted by atomic mass is 16.5. The zero-order chi connectivity index (χ0) is 16.7. The Morgan fingerprint density at radius 2 is 2.00 bits per heavy atom. The quantitative estimate of drug-likeness (QED) is 0.625. The first kappa shape index (κ1) is 16.2. The van der Waals surface area contributed by atoms with Crippen LogP contribution in [0, 0.1) is 0 Å². The van der Waals surface area contributed by atoms with Crippen molar-refractivity contribution < 1.29 is 14.3 Å². The van der Waals surface area contributed by atoms with E-state index in [0.717, 1.165) is 0 Å². The molecular weight excluding hydrogens is 296 g/mol. The largest absolute Gasteiger partial charge is 0.465 e. The summed E-state index contributed by atoms with van der Waals surface area (Å²) in [5.41, 5.74) is 1.41. The topological polar surface area (TPSA) is 93.2 Å². The van der Waals surface area contributed by atoms with Crippen molar-refractivity contribution in [3.05, 3.63) is 60.6 Å². The van der Waals surface area contributed by atoms with Crippen molar-refractivity contribution in [2.75, 3.05) is 19.0 Å². The summed E-state index contributed by atoms with van der Waals surface area (Å²) in [5, 5.41) is 5.68. The van der Waals surface area contributed by atoms with Crippen LogP contribution >= 0.6 is 0 Å². The van der Waals surface area contributed by atoms with E-state index in [4.69, 9.17) is 0 Å². The van der Waals surface area contributed by atoms with E-state index >= 15 is 0 Å². The highest BCUT2D eigenvalue weighted by Gasteiger charge is 2.08. The van der Waals surface area contributed by atoms with Crippen LogP contribution in [-0.2, 0) is 4.74 Å². The number of esters is 1. The molecule has 2 N–H and O–H groups in total. The van der Waals surface area contributed by atoms with Crippen molar-refractivity contribution in [2.45, 2.75) is 0 Å². The maximum Gasteiger partial charge on any atom is 0.337 e. The molecule has 0 aliphatic heterocycles. The molecule has 118 valence electrons. The lowest BCUT2D eigenvalue weighted by molar-refractivity contribution is 0.0600. The predicted molar refractivity (Wildman–Crippen MR) is 85.6 cm³/mol. The van der Waals surface area contributed by atoms with Gasteiger partial charge in [0.05, 0.1) is 12.7 Å². The van der Waals surface area contributed by atoms with E-state index in [1.54, 1.807) is 30.3 Å². The SMILES string of the molecule is C=CCNC(=O)c1cc(Nc2ccc(C(=O)OC)cc2)ncn1. The van der Waals surface area contributed by atoms with Crippen molar-refractivity contribution >= 4 is 23.4 Å². The minimum absolute atomic E-state index is 0.246. The third-order valence-corrected chi connectivity index (χ3v) is 2.89. The van der Waals surface area contributed by atoms with Gasteiger partial charge in [-0.2, -0.15) is 0 Å². The summed E-state index contributed by atoms with van der Waals surface area (Å²) < 4.78 is 4.64. The van der Waals surface area contributed by atoms with Crippen LogP contribution in [0.5, 0.6) is 0 Å². The average molecular weight is 312 g/mol. The molecule has 2 rings (SSSR count). The fourth-order valence-electron chi connectivity index (χ4n) is 1.76. The highest BCUT2D eigenvalue weighted by molar-refractivity contribution is 5.93. The molecule has 0 unspecified atom stereocenters. The standard InChI is InChI=1S/C16H16N4O3/c1-3-8-17-15(21)13-9-14(19-10-18-13)20-12-6-4-11(5-7-12)16(22)23-2/h3-7,9-10H,1,8H2,2H3,(H,17,21)(H,18,19,20). The highest BCUT2D eigenvalue weighted by Crippen LogP contribution is 2.16. The monoisotopic (exact) mass is 312 g/mol. The Morgan fingerprint density at radius 3 is 2.65 bits per heavy atom. The molecule has 1 aromatic carbocycles. The molecule has 0 bridgehead atoms. The number of nitrogens with one attached hydrogen (secondary N) is 2. The summed E-state index contributed by atoms with van der Waals surface area (Å²) in [6.07, 6.45) is 2.88. The molecule has 2 aromatic rings. The van der Waals surface area contributed by atoms with Gasteiger partial charge in [-0.3, -0.25) is 4.79 Å². The van der Waals surface area contributed by atoms with Gasteiger partial charge in [-0.15, -0.1) is 6.58 Å². The van der Waals surface area contributed by atoms with E-state index in [9.17, 15) is 9.59 Å². The van der Waals surface area contributed by atoms with Crippen LogP contribution in [0.3, 0.4) is 0 Å². The Balaban J connectivity index is 2.09. The van der Waals surface area contributed by atoms with Gasteiger partial charge in [-0.25, -0.2) is 14.8 Å². The normalized spacial score (nSPS) is 9.78. The van der Waals surface area contributed by atoms with Gasteiger partial charge >= 0.3 is 5.97 Å². The lowest BCUT2D eigenvalue weighted by atomic mass is 10.2. The predicted octanol–water partition coefficient (Wildman–Crippen LogP) is 1.92. The van der Waals surface area contributed by atoms with Gasteiger partial charge in [-0.1, -0.05) is 6.08 Å². The zero-order valence-corrected chi connectivity index (χ0v) is 12.6. The van der Waals surface area contributed by atoms with Crippen LogP contribution < -0.4 is 10.6 Å². The molecule has 0 aliphatic rings. The van der Waals surface area contributed by atoms with E-state index in [2.05, 4.69) is 31.9 Å². The van der Waals surface area contributed by atoms with E-state index in [1.807, 2.05) is 0 Å². The lowest BCUT2D eigenvalue weighted by Crippen LogP contribution is -2.24. The molecule has 7 heteroatoms. The summed E-state index contributed by atoms with van der Waals surface area (Å²) in [5.74, 6) is -0.245. The molecule has 7 nitrogen and oxygen atoms in total. The van der Waals surface area contributed by atoms with Gasteiger partial charge < -0.3 is 15.4 Å². The van der Waals surface area contributed by atoms with Crippen LogP contribution in [0.15, 0.2) is 49.3 Å². The van der Waals surface area contributed by atoms with E-state index in [-0.39, 0.29) is 11.6 Å². The zero-order valence-electron chi connectivity index (χ0n) is 12.6. The molecule has 0 saturated carbocycles. The number of rotatable bonds is 6. The van der Waals surface area contributed by atoms with Crippen molar-refractivity contribution in [1.82, 2.24) is 15.3 Å². The van der Waals surface area contributed by atoms with Crippen molar-refractivity contribution in [1.29, 1.82) is 0 Å². The van der Waals surface area contributed by atoms with Gasteiger partial charge in [0.25, 0.3) is 5.91 Å². The van der Waals surface area contributed by atoms with Crippen LogP contribution in [0.2, 0.25) is 0 Å².